The quantitative estimate of drug-likeness (QED) is 0.340. The van der Waals surface area contributed by atoms with E-state index in [-0.39, 0.29) is 0 Å². The van der Waals surface area contributed by atoms with Gasteiger partial charge < -0.3 is 4.55 Å². The summed E-state index contributed by atoms with van der Waals surface area (Å²) in [5.41, 5.74) is 0. The molecular weight excluding hydrogens is 295 g/mol. The number of thioether (sulfide) groups is 1. The van der Waals surface area contributed by atoms with E-state index in [2.05, 4.69) is 0 Å². The van der Waals surface area contributed by atoms with E-state index in [4.69, 9.17) is 23.5 Å². The van der Waals surface area contributed by atoms with E-state index in [1.54, 1.807) is 11.8 Å². The summed E-state index contributed by atoms with van der Waals surface area (Å²) < 4.78 is 36.4. The summed E-state index contributed by atoms with van der Waals surface area (Å²) in [4.78, 5) is 1.06. The lowest BCUT2D eigenvalue weighted by molar-refractivity contribution is 0.417. The molecule has 0 saturated heterocycles. The molecule has 0 amide bonds. The van der Waals surface area contributed by atoms with Crippen LogP contribution in [0.15, 0.2) is 3.52 Å². The van der Waals surface area contributed by atoms with Gasteiger partial charge in [-0.05, 0) is 6.26 Å². The van der Waals surface area contributed by atoms with Crippen LogP contribution in [-0.2, 0) is 10.5 Å². The molecule has 0 atom stereocenters. The lowest BCUT2D eigenvalue weighted by Gasteiger charge is -1.84. The number of hydrogen-bond acceptors (Lipinski definition) is 7. The highest BCUT2D eigenvalue weighted by Crippen LogP contribution is 2.33. The van der Waals surface area contributed by atoms with Crippen molar-refractivity contribution < 1.29 is 16.9 Å². The predicted octanol–water partition coefficient (Wildman–Crippen LogP) is 1.97. The van der Waals surface area contributed by atoms with Crippen LogP contribution < -0.4 is 0 Å². The first-order valence-corrected chi connectivity index (χ1v) is 7.45. The molecule has 0 aliphatic rings. The van der Waals surface area contributed by atoms with Gasteiger partial charge in [-0.15, -0.1) is 3.89 Å². The van der Waals surface area contributed by atoms with Crippen LogP contribution in [0.1, 0.15) is 9.75 Å². The van der Waals surface area contributed by atoms with Gasteiger partial charge in [-0.25, -0.2) is 8.42 Å². The Morgan fingerprint density at radius 1 is 1.50 bits per heavy atom. The van der Waals surface area contributed by atoms with Gasteiger partial charge >= 0.3 is 3.52 Å². The van der Waals surface area contributed by atoms with E-state index < -0.39 is 10.5 Å². The molecule has 0 saturated carbocycles. The zero-order chi connectivity index (χ0) is 12.8. The lowest BCUT2D eigenvalue weighted by Crippen LogP contribution is -1.81. The van der Waals surface area contributed by atoms with E-state index in [0.29, 0.717) is 9.75 Å². The van der Waals surface area contributed by atoms with E-state index >= 15 is 0 Å². The third-order valence-electron chi connectivity index (χ3n) is 0.947. The minimum Gasteiger partial charge on any atom is -0.722 e. The molecule has 16 heavy (non-hydrogen) atoms. The molecule has 1 aromatic rings. The molecule has 86 valence electrons. The fourth-order valence-electron chi connectivity index (χ4n) is 0.511. The van der Waals surface area contributed by atoms with Gasteiger partial charge in [0.25, 0.3) is 20.3 Å². The van der Waals surface area contributed by atoms with Crippen LogP contribution >= 0.6 is 34.4 Å². The van der Waals surface area contributed by atoms with Crippen molar-refractivity contribution in [2.75, 3.05) is 6.26 Å². The van der Waals surface area contributed by atoms with E-state index in [1.807, 2.05) is 18.4 Å². The molecule has 1 heterocycles. The highest BCUT2D eigenvalue weighted by atomic mass is 32.3. The van der Waals surface area contributed by atoms with Crippen LogP contribution in [0.2, 0.25) is 0 Å². The zero-order valence-corrected chi connectivity index (χ0v) is 10.9. The smallest absolute Gasteiger partial charge is 0.314 e. The lowest BCUT2D eigenvalue weighted by atomic mass is 10.5. The molecule has 0 radical (unpaired) electrons. The van der Waals surface area contributed by atoms with Gasteiger partial charge in [0, 0.05) is 0 Å². The second-order valence-corrected chi connectivity index (χ2v) is 6.35. The summed E-state index contributed by atoms with van der Waals surface area (Å²) >= 11 is 4.33. The summed E-state index contributed by atoms with van der Waals surface area (Å²) in [5, 5.41) is 17.1. The Labute approximate surface area is 104 Å². The molecule has 0 aromatic carbocycles. The Morgan fingerprint density at radius 2 is 2.00 bits per heavy atom. The normalized spacial score (nSPS) is 9.56. The van der Waals surface area contributed by atoms with Crippen molar-refractivity contribution in [3.05, 3.63) is 9.75 Å². The third-order valence-corrected chi connectivity index (χ3v) is 4.74. The van der Waals surface area contributed by atoms with Crippen molar-refractivity contribution in [3.8, 4) is 12.1 Å². The van der Waals surface area contributed by atoms with Crippen molar-refractivity contribution in [1.82, 2.24) is 0 Å². The molecule has 1 rings (SSSR count). The maximum atomic E-state index is 10.1. The van der Waals surface area contributed by atoms with Crippen molar-refractivity contribution >= 4 is 44.9 Å². The number of hydrogen-bond donors (Lipinski definition) is 0. The molecule has 10 heteroatoms. The first-order valence-electron chi connectivity index (χ1n) is 3.28. The Bertz CT molecular complexity index is 500. The second-order valence-electron chi connectivity index (χ2n) is 1.93. The zero-order valence-electron chi connectivity index (χ0n) is 7.63. The SMILES string of the molecule is CSc1sc(C#N)c(C#N)[s+]1.O=S(=O)([O-])F. The highest BCUT2D eigenvalue weighted by molar-refractivity contribution is 8.02. The first-order chi connectivity index (χ1) is 7.31. The monoisotopic (exact) mass is 298 g/mol. The molecule has 0 aliphatic heterocycles. The van der Waals surface area contributed by atoms with Crippen molar-refractivity contribution in [2.24, 2.45) is 0 Å². The summed E-state index contributed by atoms with van der Waals surface area (Å²) in [7, 11) is -5.42. The third kappa shape index (κ3) is 6.66. The first kappa shape index (κ1) is 15.2. The van der Waals surface area contributed by atoms with Crippen LogP contribution in [0.25, 0.3) is 0 Å². The van der Waals surface area contributed by atoms with Gasteiger partial charge in [0.05, 0.1) is 0 Å². The fraction of sp³-hybridized carbons (Fsp3) is 0.167. The average molecular weight is 298 g/mol. The van der Waals surface area contributed by atoms with E-state index in [0.717, 1.165) is 3.52 Å². The van der Waals surface area contributed by atoms with Crippen LogP contribution in [0.3, 0.4) is 0 Å². The Morgan fingerprint density at radius 3 is 2.25 bits per heavy atom. The molecular formula is C6H3FN2O3S4. The highest BCUT2D eigenvalue weighted by Gasteiger charge is 2.21. The van der Waals surface area contributed by atoms with Gasteiger partial charge in [-0.1, -0.05) is 11.8 Å². The number of rotatable bonds is 1. The predicted molar refractivity (Wildman–Crippen MR) is 58.6 cm³/mol. The fourth-order valence-corrected chi connectivity index (χ4v) is 3.30. The minimum atomic E-state index is -5.42. The number of nitriles is 2. The molecule has 0 fully saturated rings. The van der Waals surface area contributed by atoms with Crippen molar-refractivity contribution in [3.63, 3.8) is 0 Å². The largest absolute Gasteiger partial charge is 0.722 e. The Hall–Kier alpha value is -0.780. The number of halogens is 1. The molecule has 0 aliphatic carbocycles. The molecule has 0 bridgehead atoms. The van der Waals surface area contributed by atoms with E-state index in [9.17, 15) is 3.89 Å². The summed E-state index contributed by atoms with van der Waals surface area (Å²) in [6, 6.07) is 3.99. The summed E-state index contributed by atoms with van der Waals surface area (Å²) in [6.45, 7) is 0. The summed E-state index contributed by atoms with van der Waals surface area (Å²) in [5.74, 6) is 0. The maximum Gasteiger partial charge on any atom is 0.314 e. The van der Waals surface area contributed by atoms with Crippen molar-refractivity contribution in [1.29, 1.82) is 10.5 Å². The molecule has 0 spiro atoms. The average Bonchev–Trinajstić information content (AvgIpc) is 2.57. The number of nitrogens with zero attached hydrogens (tertiary/aromatic N) is 2. The summed E-state index contributed by atoms with van der Waals surface area (Å²) in [6.07, 6.45) is 1.94. The molecule has 1 aromatic heterocycles. The van der Waals surface area contributed by atoms with Gasteiger partial charge in [0.2, 0.25) is 0 Å². The van der Waals surface area contributed by atoms with Crippen LogP contribution in [0.5, 0.6) is 0 Å². The maximum absolute atomic E-state index is 10.1. The van der Waals surface area contributed by atoms with Gasteiger partial charge in [0.15, 0.2) is 0 Å². The molecule has 0 unspecified atom stereocenters. The van der Waals surface area contributed by atoms with Crippen LogP contribution in [-0.4, -0.2) is 19.2 Å². The molecule has 5 nitrogen and oxygen atoms in total. The van der Waals surface area contributed by atoms with Crippen LogP contribution in [0, 0.1) is 22.7 Å². The minimum absolute atomic E-state index is 0.529. The Balaban J connectivity index is 0.000000385. The topological polar surface area (TPSA) is 105 Å². The second kappa shape index (κ2) is 6.73. The van der Waals surface area contributed by atoms with Crippen molar-refractivity contribution in [2.45, 2.75) is 3.52 Å². The van der Waals surface area contributed by atoms with Crippen LogP contribution in [0.4, 0.5) is 3.89 Å². The van der Waals surface area contributed by atoms with E-state index in [1.165, 1.54) is 22.7 Å². The van der Waals surface area contributed by atoms with Gasteiger partial charge in [-0.2, -0.15) is 10.5 Å². The van der Waals surface area contributed by atoms with Gasteiger partial charge in [-0.3, -0.25) is 0 Å². The standard InChI is InChI=1S/C6H3N2S3.FHO3S/c1-9-6-10-4(2-7)5(3-8)11-6;1-5(2,3)4/h1H3;(H,2,3,4)/q+1;/p-1. The Kier molecular flexibility index (Phi) is 6.40. The molecule has 0 N–H and O–H groups in total. The van der Waals surface area contributed by atoms with Gasteiger partial charge in [0.1, 0.15) is 34.8 Å².